The summed E-state index contributed by atoms with van der Waals surface area (Å²) in [5.41, 5.74) is 0. The van der Waals surface area contributed by atoms with E-state index in [1.54, 1.807) is 0 Å². The summed E-state index contributed by atoms with van der Waals surface area (Å²) in [7, 11) is -2.96. The van der Waals surface area contributed by atoms with E-state index in [-0.39, 0.29) is 23.3 Å². The first-order valence-electron chi connectivity index (χ1n) is 6.60. The van der Waals surface area contributed by atoms with Gasteiger partial charge in [0.2, 0.25) is 5.91 Å². The summed E-state index contributed by atoms with van der Waals surface area (Å²) >= 11 is 3.41. The van der Waals surface area contributed by atoms with Gasteiger partial charge in [-0.3, -0.25) is 4.79 Å². The van der Waals surface area contributed by atoms with Crippen molar-refractivity contribution in [1.29, 1.82) is 0 Å². The van der Waals surface area contributed by atoms with Crippen molar-refractivity contribution in [2.75, 3.05) is 23.4 Å². The Morgan fingerprint density at radius 2 is 2.11 bits per heavy atom. The second-order valence-corrected chi connectivity index (χ2v) is 8.28. The molecule has 2 aliphatic rings. The number of sulfone groups is 1. The fraction of sp³-hybridized carbons (Fsp3) is 0.917. The van der Waals surface area contributed by atoms with Crippen LogP contribution in [0.1, 0.15) is 32.1 Å². The molecular weight excluding hydrogens is 318 g/mol. The van der Waals surface area contributed by atoms with Crippen molar-refractivity contribution in [1.82, 2.24) is 4.90 Å². The first-order chi connectivity index (χ1) is 8.53. The van der Waals surface area contributed by atoms with Crippen molar-refractivity contribution in [2.45, 2.75) is 38.1 Å². The van der Waals surface area contributed by atoms with Crippen LogP contribution in [0.15, 0.2) is 0 Å². The molecule has 2 unspecified atom stereocenters. The average Bonchev–Trinajstić information content (AvgIpc) is 2.91. The van der Waals surface area contributed by atoms with Crippen LogP contribution >= 0.6 is 15.9 Å². The minimum absolute atomic E-state index is 0.0630. The van der Waals surface area contributed by atoms with E-state index in [0.717, 1.165) is 37.6 Å². The summed E-state index contributed by atoms with van der Waals surface area (Å²) in [6, 6.07) is 0.332. The minimum Gasteiger partial charge on any atom is -0.339 e. The van der Waals surface area contributed by atoms with Crippen LogP contribution in [-0.2, 0) is 14.6 Å². The Kier molecular flexibility index (Phi) is 4.69. The second kappa shape index (κ2) is 5.90. The number of carbonyl (C=O) groups is 1. The highest BCUT2D eigenvalue weighted by atomic mass is 79.9. The SMILES string of the molecule is O=C(C1CCS(=O)(=O)C1)N1CCCC1CCCBr. The molecule has 0 aromatic heterocycles. The predicted octanol–water partition coefficient (Wildman–Crippen LogP) is 1.59. The monoisotopic (exact) mass is 337 g/mol. The zero-order valence-corrected chi connectivity index (χ0v) is 12.9. The van der Waals surface area contributed by atoms with Gasteiger partial charge >= 0.3 is 0 Å². The van der Waals surface area contributed by atoms with Crippen molar-refractivity contribution >= 4 is 31.7 Å². The van der Waals surface area contributed by atoms with Gasteiger partial charge in [-0.25, -0.2) is 8.42 Å². The lowest BCUT2D eigenvalue weighted by Gasteiger charge is -2.27. The molecule has 1 amide bonds. The Balaban J connectivity index is 1.96. The molecule has 2 aliphatic heterocycles. The molecule has 0 aliphatic carbocycles. The van der Waals surface area contributed by atoms with Crippen molar-refractivity contribution < 1.29 is 13.2 Å². The van der Waals surface area contributed by atoms with Crippen molar-refractivity contribution in [3.8, 4) is 0 Å². The fourth-order valence-corrected chi connectivity index (χ4v) is 5.02. The van der Waals surface area contributed by atoms with Gasteiger partial charge in [0.25, 0.3) is 0 Å². The van der Waals surface area contributed by atoms with Gasteiger partial charge in [-0.1, -0.05) is 15.9 Å². The summed E-state index contributed by atoms with van der Waals surface area (Å²) in [4.78, 5) is 14.3. The Morgan fingerprint density at radius 3 is 2.72 bits per heavy atom. The average molecular weight is 338 g/mol. The standard InChI is InChI=1S/C12H20BrNO3S/c13-6-1-3-11-4-2-7-14(11)12(15)10-5-8-18(16,17)9-10/h10-11H,1-9H2. The minimum atomic E-state index is -2.96. The lowest BCUT2D eigenvalue weighted by atomic mass is 10.1. The molecule has 2 heterocycles. The maximum Gasteiger partial charge on any atom is 0.226 e. The lowest BCUT2D eigenvalue weighted by Crippen LogP contribution is -2.40. The van der Waals surface area contributed by atoms with E-state index in [4.69, 9.17) is 0 Å². The summed E-state index contributed by atoms with van der Waals surface area (Å²) in [6.07, 6.45) is 4.73. The van der Waals surface area contributed by atoms with Crippen molar-refractivity contribution in [3.63, 3.8) is 0 Å². The molecule has 104 valence electrons. The number of rotatable bonds is 4. The molecule has 0 saturated carbocycles. The van der Waals surface area contributed by atoms with Gasteiger partial charge in [-0.15, -0.1) is 0 Å². The number of nitrogens with zero attached hydrogens (tertiary/aromatic N) is 1. The van der Waals surface area contributed by atoms with E-state index in [9.17, 15) is 13.2 Å². The number of amides is 1. The molecule has 2 rings (SSSR count). The van der Waals surface area contributed by atoms with E-state index in [2.05, 4.69) is 15.9 Å². The number of hydrogen-bond acceptors (Lipinski definition) is 3. The van der Waals surface area contributed by atoms with Gasteiger partial charge in [0, 0.05) is 17.9 Å². The number of halogens is 1. The molecule has 0 N–H and O–H groups in total. The molecule has 4 nitrogen and oxygen atoms in total. The molecule has 6 heteroatoms. The number of hydrogen-bond donors (Lipinski definition) is 0. The van der Waals surface area contributed by atoms with Gasteiger partial charge < -0.3 is 4.90 Å². The third-order valence-corrected chi connectivity index (χ3v) is 6.24. The van der Waals surface area contributed by atoms with Gasteiger partial charge in [-0.2, -0.15) is 0 Å². The van der Waals surface area contributed by atoms with E-state index >= 15 is 0 Å². The molecular formula is C12H20BrNO3S. The van der Waals surface area contributed by atoms with Crippen LogP contribution in [-0.4, -0.2) is 48.6 Å². The van der Waals surface area contributed by atoms with Crippen LogP contribution in [0.5, 0.6) is 0 Å². The zero-order chi connectivity index (χ0) is 13.2. The second-order valence-electron chi connectivity index (χ2n) is 5.26. The highest BCUT2D eigenvalue weighted by Crippen LogP contribution is 2.27. The topological polar surface area (TPSA) is 54.5 Å². The summed E-state index contributed by atoms with van der Waals surface area (Å²) in [5.74, 6) is 0.0456. The fourth-order valence-electron chi connectivity index (χ4n) is 2.96. The van der Waals surface area contributed by atoms with Crippen molar-refractivity contribution in [3.05, 3.63) is 0 Å². The molecule has 2 atom stereocenters. The highest BCUT2D eigenvalue weighted by molar-refractivity contribution is 9.09. The summed E-state index contributed by atoms with van der Waals surface area (Å²) in [6.45, 7) is 0.808. The van der Waals surface area contributed by atoms with Gasteiger partial charge in [0.1, 0.15) is 0 Å². The first kappa shape index (κ1) is 14.3. The summed E-state index contributed by atoms with van der Waals surface area (Å²) in [5, 5.41) is 0.962. The predicted molar refractivity (Wildman–Crippen MR) is 74.5 cm³/mol. The smallest absolute Gasteiger partial charge is 0.226 e. The van der Waals surface area contributed by atoms with E-state index in [0.29, 0.717) is 12.5 Å². The molecule has 2 fully saturated rings. The lowest BCUT2D eigenvalue weighted by molar-refractivity contribution is -0.135. The molecule has 2 saturated heterocycles. The first-order valence-corrected chi connectivity index (χ1v) is 9.54. The molecule has 0 bridgehead atoms. The third-order valence-electron chi connectivity index (χ3n) is 3.91. The molecule has 18 heavy (non-hydrogen) atoms. The van der Waals surface area contributed by atoms with Crippen LogP contribution in [0.3, 0.4) is 0 Å². The molecule has 0 radical (unpaired) electrons. The maximum absolute atomic E-state index is 12.4. The molecule has 0 aromatic carbocycles. The van der Waals surface area contributed by atoms with Crippen LogP contribution in [0.25, 0.3) is 0 Å². The summed E-state index contributed by atoms with van der Waals surface area (Å²) < 4.78 is 22.9. The number of likely N-dealkylation sites (tertiary alicyclic amines) is 1. The quantitative estimate of drug-likeness (QED) is 0.732. The van der Waals surface area contributed by atoms with Gasteiger partial charge in [0.15, 0.2) is 9.84 Å². The Bertz CT molecular complexity index is 410. The van der Waals surface area contributed by atoms with Gasteiger partial charge in [0.05, 0.1) is 17.4 Å². The number of carbonyl (C=O) groups excluding carboxylic acids is 1. The maximum atomic E-state index is 12.4. The van der Waals surface area contributed by atoms with E-state index in [1.165, 1.54) is 0 Å². The number of alkyl halides is 1. The Labute approximate surface area is 117 Å². The van der Waals surface area contributed by atoms with E-state index < -0.39 is 9.84 Å². The molecule has 0 spiro atoms. The van der Waals surface area contributed by atoms with Gasteiger partial charge in [-0.05, 0) is 32.1 Å². The Hall–Kier alpha value is -0.100. The largest absolute Gasteiger partial charge is 0.339 e. The van der Waals surface area contributed by atoms with Crippen LogP contribution < -0.4 is 0 Å². The Morgan fingerprint density at radius 1 is 1.33 bits per heavy atom. The van der Waals surface area contributed by atoms with E-state index in [1.807, 2.05) is 4.90 Å². The third kappa shape index (κ3) is 3.26. The van der Waals surface area contributed by atoms with Crippen LogP contribution in [0.2, 0.25) is 0 Å². The van der Waals surface area contributed by atoms with Crippen molar-refractivity contribution in [2.24, 2.45) is 5.92 Å². The normalized spacial score (nSPS) is 30.8. The van der Waals surface area contributed by atoms with Crippen LogP contribution in [0, 0.1) is 5.92 Å². The zero-order valence-electron chi connectivity index (χ0n) is 10.5. The molecule has 0 aromatic rings. The highest BCUT2D eigenvalue weighted by Gasteiger charge is 2.38. The van der Waals surface area contributed by atoms with Crippen LogP contribution in [0.4, 0.5) is 0 Å².